The van der Waals surface area contributed by atoms with Gasteiger partial charge >= 0.3 is 0 Å². The Kier molecular flexibility index (Phi) is 4.79. The molecule has 1 atom stereocenters. The fourth-order valence-corrected chi connectivity index (χ4v) is 2.72. The van der Waals surface area contributed by atoms with Gasteiger partial charge in [-0.2, -0.15) is 5.10 Å². The number of carbonyl (C=O) groups excluding carboxylic acids is 1. The molecule has 2 aromatic carbocycles. The molecule has 0 aliphatic heterocycles. The zero-order valence-electron chi connectivity index (χ0n) is 14.1. The largest absolute Gasteiger partial charge is 0.345 e. The second-order valence-electron chi connectivity index (χ2n) is 5.89. The van der Waals surface area contributed by atoms with E-state index in [0.717, 1.165) is 23.4 Å². The Hall–Kier alpha value is -3.09. The van der Waals surface area contributed by atoms with Crippen molar-refractivity contribution < 1.29 is 18.0 Å². The van der Waals surface area contributed by atoms with Crippen LogP contribution in [0.15, 0.2) is 48.7 Å². The third-order valence-corrected chi connectivity index (χ3v) is 4.11. The molecule has 1 N–H and O–H groups in total. The summed E-state index contributed by atoms with van der Waals surface area (Å²) < 4.78 is 41.4. The van der Waals surface area contributed by atoms with Crippen LogP contribution < -0.4 is 5.32 Å². The fraction of sp³-hybridized carbons (Fsp3) is 0.158. The van der Waals surface area contributed by atoms with E-state index in [1.54, 1.807) is 29.9 Å². The Balaban J connectivity index is 1.81. The van der Waals surface area contributed by atoms with E-state index in [2.05, 4.69) is 10.4 Å². The predicted octanol–water partition coefficient (Wildman–Crippen LogP) is 4.09. The average molecular weight is 359 g/mol. The number of aromatic nitrogens is 2. The van der Waals surface area contributed by atoms with Gasteiger partial charge in [-0.25, -0.2) is 17.9 Å². The molecule has 3 aromatic rings. The quantitative estimate of drug-likeness (QED) is 0.763. The van der Waals surface area contributed by atoms with Crippen molar-refractivity contribution in [3.05, 3.63) is 82.9 Å². The van der Waals surface area contributed by atoms with Gasteiger partial charge in [0.25, 0.3) is 5.91 Å². The molecule has 4 nitrogen and oxygen atoms in total. The second kappa shape index (κ2) is 7.03. The van der Waals surface area contributed by atoms with E-state index in [4.69, 9.17) is 0 Å². The van der Waals surface area contributed by atoms with Crippen LogP contribution in [0.25, 0.3) is 5.69 Å². The van der Waals surface area contributed by atoms with Crippen molar-refractivity contribution in [2.45, 2.75) is 19.9 Å². The van der Waals surface area contributed by atoms with E-state index >= 15 is 0 Å². The molecule has 3 rings (SSSR count). The topological polar surface area (TPSA) is 46.9 Å². The number of amides is 1. The maximum Gasteiger partial charge on any atom is 0.254 e. The summed E-state index contributed by atoms with van der Waals surface area (Å²) in [6, 6.07) is 8.18. The van der Waals surface area contributed by atoms with Gasteiger partial charge in [-0.3, -0.25) is 4.79 Å². The monoisotopic (exact) mass is 359 g/mol. The van der Waals surface area contributed by atoms with Crippen LogP contribution in [0.3, 0.4) is 0 Å². The lowest BCUT2D eigenvalue weighted by molar-refractivity contribution is 0.0935. The van der Waals surface area contributed by atoms with Gasteiger partial charge in [0, 0.05) is 17.3 Å². The minimum Gasteiger partial charge on any atom is -0.345 e. The molecule has 0 saturated heterocycles. The maximum absolute atomic E-state index is 13.7. The molecule has 134 valence electrons. The standard InChI is InChI=1S/C19H16F3N3O/c1-11(24-19(26)16-8-5-14(21)9-18(16)22)17-10-23-25(12(17)2)15-6-3-13(20)4-7-15/h3-11H,1-2H3,(H,24,26). The summed E-state index contributed by atoms with van der Waals surface area (Å²) in [6.07, 6.45) is 1.59. The Morgan fingerprint density at radius 1 is 1.08 bits per heavy atom. The molecule has 0 aliphatic carbocycles. The van der Waals surface area contributed by atoms with E-state index in [9.17, 15) is 18.0 Å². The molecule has 1 aromatic heterocycles. The summed E-state index contributed by atoms with van der Waals surface area (Å²) >= 11 is 0. The molecular weight excluding hydrogens is 343 g/mol. The molecule has 0 fully saturated rings. The van der Waals surface area contributed by atoms with Crippen LogP contribution in [-0.2, 0) is 0 Å². The fourth-order valence-electron chi connectivity index (χ4n) is 2.72. The van der Waals surface area contributed by atoms with E-state index in [1.807, 2.05) is 6.92 Å². The van der Waals surface area contributed by atoms with Crippen LogP contribution in [0.4, 0.5) is 13.2 Å². The summed E-state index contributed by atoms with van der Waals surface area (Å²) in [7, 11) is 0. The lowest BCUT2D eigenvalue weighted by Crippen LogP contribution is -2.27. The van der Waals surface area contributed by atoms with Crippen molar-refractivity contribution in [3.63, 3.8) is 0 Å². The molecule has 0 bridgehead atoms. The lowest BCUT2D eigenvalue weighted by atomic mass is 10.1. The van der Waals surface area contributed by atoms with Crippen LogP contribution in [0.1, 0.15) is 34.6 Å². The number of hydrogen-bond donors (Lipinski definition) is 1. The molecule has 0 saturated carbocycles. The first-order valence-corrected chi connectivity index (χ1v) is 7.93. The molecule has 7 heteroatoms. The van der Waals surface area contributed by atoms with E-state index in [0.29, 0.717) is 11.8 Å². The van der Waals surface area contributed by atoms with E-state index in [-0.39, 0.29) is 11.4 Å². The van der Waals surface area contributed by atoms with Gasteiger partial charge in [0.2, 0.25) is 0 Å². The van der Waals surface area contributed by atoms with E-state index < -0.39 is 23.6 Å². The Morgan fingerprint density at radius 2 is 1.73 bits per heavy atom. The summed E-state index contributed by atoms with van der Waals surface area (Å²) in [4.78, 5) is 12.2. The zero-order chi connectivity index (χ0) is 18.8. The van der Waals surface area contributed by atoms with Crippen molar-refractivity contribution in [2.24, 2.45) is 0 Å². The maximum atomic E-state index is 13.7. The summed E-state index contributed by atoms with van der Waals surface area (Å²) in [5, 5.41) is 6.94. The predicted molar refractivity (Wildman–Crippen MR) is 90.5 cm³/mol. The summed E-state index contributed by atoms with van der Waals surface area (Å²) in [5.41, 5.74) is 1.93. The number of halogens is 3. The number of benzene rings is 2. The normalized spacial score (nSPS) is 12.0. The van der Waals surface area contributed by atoms with Crippen molar-refractivity contribution in [1.29, 1.82) is 0 Å². The number of rotatable bonds is 4. The van der Waals surface area contributed by atoms with Crippen LogP contribution in [-0.4, -0.2) is 15.7 Å². The minimum atomic E-state index is -0.923. The van der Waals surface area contributed by atoms with Crippen molar-refractivity contribution in [2.75, 3.05) is 0 Å². The molecule has 1 amide bonds. The van der Waals surface area contributed by atoms with E-state index in [1.165, 1.54) is 12.1 Å². The van der Waals surface area contributed by atoms with Gasteiger partial charge < -0.3 is 5.32 Å². The Bertz CT molecular complexity index is 951. The molecule has 1 unspecified atom stereocenters. The van der Waals surface area contributed by atoms with Gasteiger partial charge in [-0.15, -0.1) is 0 Å². The number of carbonyl (C=O) groups is 1. The van der Waals surface area contributed by atoms with Crippen LogP contribution in [0, 0.1) is 24.4 Å². The third kappa shape index (κ3) is 3.46. The Labute approximate surface area is 148 Å². The zero-order valence-corrected chi connectivity index (χ0v) is 14.1. The number of nitrogens with zero attached hydrogens (tertiary/aromatic N) is 2. The average Bonchev–Trinajstić information content (AvgIpc) is 2.97. The van der Waals surface area contributed by atoms with Gasteiger partial charge in [0.05, 0.1) is 23.5 Å². The highest BCUT2D eigenvalue weighted by Gasteiger charge is 2.19. The highest BCUT2D eigenvalue weighted by Crippen LogP contribution is 2.21. The molecule has 0 spiro atoms. The van der Waals surface area contributed by atoms with Gasteiger partial charge in [0.1, 0.15) is 17.5 Å². The first-order valence-electron chi connectivity index (χ1n) is 7.93. The molecule has 1 heterocycles. The van der Waals surface area contributed by atoms with Gasteiger partial charge in [-0.05, 0) is 50.2 Å². The van der Waals surface area contributed by atoms with Crippen LogP contribution >= 0.6 is 0 Å². The lowest BCUT2D eigenvalue weighted by Gasteiger charge is -2.14. The number of hydrogen-bond acceptors (Lipinski definition) is 2. The Morgan fingerprint density at radius 3 is 2.38 bits per heavy atom. The first kappa shape index (κ1) is 17.7. The minimum absolute atomic E-state index is 0.234. The summed E-state index contributed by atoms with van der Waals surface area (Å²) in [6.45, 7) is 3.55. The van der Waals surface area contributed by atoms with Gasteiger partial charge in [-0.1, -0.05) is 0 Å². The van der Waals surface area contributed by atoms with Crippen molar-refractivity contribution in [1.82, 2.24) is 15.1 Å². The summed E-state index contributed by atoms with van der Waals surface area (Å²) in [5.74, 6) is -2.67. The van der Waals surface area contributed by atoms with Gasteiger partial charge in [0.15, 0.2) is 0 Å². The molecule has 0 radical (unpaired) electrons. The molecule has 26 heavy (non-hydrogen) atoms. The smallest absolute Gasteiger partial charge is 0.254 e. The molecule has 0 aliphatic rings. The second-order valence-corrected chi connectivity index (χ2v) is 5.89. The third-order valence-electron chi connectivity index (χ3n) is 4.11. The number of nitrogens with one attached hydrogen (secondary N) is 1. The first-order chi connectivity index (χ1) is 12.4. The van der Waals surface area contributed by atoms with Crippen LogP contribution in [0.2, 0.25) is 0 Å². The molecular formula is C19H16F3N3O. The highest BCUT2D eigenvalue weighted by molar-refractivity contribution is 5.94. The SMILES string of the molecule is Cc1c(C(C)NC(=O)c2ccc(F)cc2F)cnn1-c1ccc(F)cc1. The highest BCUT2D eigenvalue weighted by atomic mass is 19.1. The van der Waals surface area contributed by atoms with Crippen molar-refractivity contribution >= 4 is 5.91 Å². The van der Waals surface area contributed by atoms with Crippen molar-refractivity contribution in [3.8, 4) is 5.69 Å². The van der Waals surface area contributed by atoms with Crippen LogP contribution in [0.5, 0.6) is 0 Å².